The minimum Gasteiger partial charge on any atom is -0.389 e. The van der Waals surface area contributed by atoms with Crippen LogP contribution in [0.25, 0.3) is 5.69 Å². The number of nitrogens with two attached hydrogens (primary N) is 1. The van der Waals surface area contributed by atoms with Crippen LogP contribution in [0.15, 0.2) is 108 Å². The number of likely N-dealkylation sites (tertiary alicyclic amines) is 2. The van der Waals surface area contributed by atoms with E-state index in [0.29, 0.717) is 16.6 Å². The van der Waals surface area contributed by atoms with Crippen molar-refractivity contribution >= 4 is 33.1 Å². The van der Waals surface area contributed by atoms with Gasteiger partial charge in [-0.15, -0.1) is 0 Å². The molecule has 0 bridgehead atoms. The lowest BCUT2D eigenvalue weighted by atomic mass is 9.86. The molecule has 0 spiro atoms. The van der Waals surface area contributed by atoms with E-state index >= 15 is 0 Å². The van der Waals surface area contributed by atoms with Crippen LogP contribution in [0.1, 0.15) is 113 Å². The molecule has 2 aromatic heterocycles. The molecule has 2 aliphatic rings. The van der Waals surface area contributed by atoms with Gasteiger partial charge in [-0.1, -0.05) is 85.3 Å². The normalized spacial score (nSPS) is 16.7. The Balaban J connectivity index is 0.000000183. The molecule has 7 rings (SSSR count). The molecule has 5 aromatic rings. The summed E-state index contributed by atoms with van der Waals surface area (Å²) >= 11 is 8.76. The van der Waals surface area contributed by atoms with E-state index in [-0.39, 0.29) is 22.8 Å². The molecule has 3 aromatic carbocycles. The molecule has 0 radical (unpaired) electrons. The first-order valence-electron chi connectivity index (χ1n) is 19.0. The van der Waals surface area contributed by atoms with Crippen molar-refractivity contribution < 1.29 is 4.39 Å². The first-order chi connectivity index (χ1) is 25.2. The van der Waals surface area contributed by atoms with Gasteiger partial charge in [-0.25, -0.2) is 4.39 Å². The standard InChI is InChI=1S/C23H34N2.C22H21BrFN3S/c1-22(2,3)19-13-11-18(12-14-19)21(24-15-7-8-16-24)20-10-9-17-25(20)23(4,5)6;23-15-9-10-18(24)17(14-15)21(26-11-3-4-12-26)20-8-5-13-27(20)19-7-2-1-6-16(19)22(25)28/h9-14,17,21H,7-8,15-16H2,1-6H3;1-2,5-10,13-14,21H,3-4,11-12H2,(H2,25,28). The van der Waals surface area contributed by atoms with Gasteiger partial charge in [0, 0.05) is 44.9 Å². The maximum atomic E-state index is 14.9. The van der Waals surface area contributed by atoms with Gasteiger partial charge in [-0.05, 0) is 144 Å². The summed E-state index contributed by atoms with van der Waals surface area (Å²) in [4.78, 5) is 5.35. The lowest BCUT2D eigenvalue weighted by Gasteiger charge is -2.33. The summed E-state index contributed by atoms with van der Waals surface area (Å²) in [6.07, 6.45) is 9.10. The average molecular weight is 797 g/mol. The topological polar surface area (TPSA) is 42.4 Å². The Labute approximate surface area is 330 Å². The SMILES string of the molecule is CC(C)(C)c1ccc(C(c2cccn2C(C)(C)C)N2CCCC2)cc1.NC(=S)c1ccccc1-n1cccc1C(c1cc(Br)ccc1F)N1CCCC1. The van der Waals surface area contributed by atoms with Crippen LogP contribution in [0.4, 0.5) is 4.39 Å². The highest BCUT2D eigenvalue weighted by molar-refractivity contribution is 9.10. The van der Waals surface area contributed by atoms with Gasteiger partial charge >= 0.3 is 0 Å². The quantitative estimate of drug-likeness (QED) is 0.159. The summed E-state index contributed by atoms with van der Waals surface area (Å²) in [6, 6.07) is 31.0. The summed E-state index contributed by atoms with van der Waals surface area (Å²) in [5, 5.41) is 0. The second-order valence-electron chi connectivity index (χ2n) is 16.5. The van der Waals surface area contributed by atoms with Crippen LogP contribution in [0.5, 0.6) is 0 Å². The van der Waals surface area contributed by atoms with Crippen molar-refractivity contribution in [3.05, 3.63) is 147 Å². The van der Waals surface area contributed by atoms with Crippen molar-refractivity contribution in [3.8, 4) is 5.69 Å². The van der Waals surface area contributed by atoms with Gasteiger partial charge in [-0.2, -0.15) is 0 Å². The van der Waals surface area contributed by atoms with Crippen LogP contribution < -0.4 is 5.73 Å². The zero-order chi connectivity index (χ0) is 37.9. The molecule has 280 valence electrons. The van der Waals surface area contributed by atoms with E-state index in [4.69, 9.17) is 18.0 Å². The largest absolute Gasteiger partial charge is 0.389 e. The Bertz CT molecular complexity index is 1990. The zero-order valence-corrected chi connectivity index (χ0v) is 34.6. The smallest absolute Gasteiger partial charge is 0.128 e. The number of hydrogen-bond donors (Lipinski definition) is 1. The Hall–Kier alpha value is -3.56. The highest BCUT2D eigenvalue weighted by atomic mass is 79.9. The van der Waals surface area contributed by atoms with Crippen molar-refractivity contribution in [2.45, 2.75) is 90.3 Å². The van der Waals surface area contributed by atoms with Crippen LogP contribution in [-0.4, -0.2) is 50.1 Å². The molecule has 2 fully saturated rings. The van der Waals surface area contributed by atoms with E-state index in [1.165, 1.54) is 48.8 Å². The fraction of sp³-hybridized carbons (Fsp3) is 0.400. The minimum absolute atomic E-state index is 0.0994. The molecule has 2 atom stereocenters. The number of aromatic nitrogens is 2. The highest BCUT2D eigenvalue weighted by Gasteiger charge is 2.31. The molecule has 5 nitrogen and oxygen atoms in total. The van der Waals surface area contributed by atoms with E-state index < -0.39 is 0 Å². The number of hydrogen-bond acceptors (Lipinski definition) is 3. The van der Waals surface area contributed by atoms with Crippen molar-refractivity contribution in [2.24, 2.45) is 5.73 Å². The predicted molar refractivity (Wildman–Crippen MR) is 226 cm³/mol. The van der Waals surface area contributed by atoms with Crippen molar-refractivity contribution in [3.63, 3.8) is 0 Å². The molecule has 53 heavy (non-hydrogen) atoms. The van der Waals surface area contributed by atoms with E-state index in [9.17, 15) is 4.39 Å². The molecule has 8 heteroatoms. The lowest BCUT2D eigenvalue weighted by molar-refractivity contribution is 0.257. The number of nitrogens with zero attached hydrogens (tertiary/aromatic N) is 4. The summed E-state index contributed by atoms with van der Waals surface area (Å²) in [6.45, 7) is 18.0. The molecular formula is C45H55BrFN5S. The molecule has 4 heterocycles. The Kier molecular flexibility index (Phi) is 12.1. The molecule has 2 aliphatic heterocycles. The minimum atomic E-state index is -0.199. The maximum absolute atomic E-state index is 14.9. The summed E-state index contributed by atoms with van der Waals surface area (Å²) in [7, 11) is 0. The lowest BCUT2D eigenvalue weighted by Crippen LogP contribution is -2.32. The number of benzene rings is 3. The van der Waals surface area contributed by atoms with E-state index in [1.54, 1.807) is 6.07 Å². The monoisotopic (exact) mass is 795 g/mol. The number of thiocarbonyl (C=S) groups is 1. The van der Waals surface area contributed by atoms with E-state index in [0.717, 1.165) is 47.3 Å². The van der Waals surface area contributed by atoms with Crippen LogP contribution in [0.3, 0.4) is 0 Å². The third-order valence-electron chi connectivity index (χ3n) is 10.6. The van der Waals surface area contributed by atoms with Crippen molar-refractivity contribution in [1.29, 1.82) is 0 Å². The molecule has 0 aliphatic carbocycles. The first kappa shape index (κ1) is 39.1. The predicted octanol–water partition coefficient (Wildman–Crippen LogP) is 10.9. The van der Waals surface area contributed by atoms with Crippen molar-refractivity contribution in [1.82, 2.24) is 18.9 Å². The molecule has 0 amide bonds. The molecule has 2 saturated heterocycles. The van der Waals surface area contributed by atoms with Gasteiger partial charge in [0.1, 0.15) is 10.8 Å². The molecule has 0 saturated carbocycles. The van der Waals surface area contributed by atoms with E-state index in [2.05, 4.69) is 125 Å². The Morgan fingerprint density at radius 3 is 1.91 bits per heavy atom. The average Bonchev–Trinajstić information content (AvgIpc) is 3.96. The summed E-state index contributed by atoms with van der Waals surface area (Å²) in [5.74, 6) is -0.199. The van der Waals surface area contributed by atoms with Gasteiger partial charge in [0.2, 0.25) is 0 Å². The highest BCUT2D eigenvalue weighted by Crippen LogP contribution is 2.37. The van der Waals surface area contributed by atoms with Crippen molar-refractivity contribution in [2.75, 3.05) is 26.2 Å². The Morgan fingerprint density at radius 2 is 1.30 bits per heavy atom. The number of para-hydroxylation sites is 1. The van der Waals surface area contributed by atoms with Gasteiger partial charge in [0.25, 0.3) is 0 Å². The van der Waals surface area contributed by atoms with Crippen LogP contribution in [0.2, 0.25) is 0 Å². The third kappa shape index (κ3) is 8.88. The number of halogens is 2. The Morgan fingerprint density at radius 1 is 0.717 bits per heavy atom. The van der Waals surface area contributed by atoms with Crippen LogP contribution in [-0.2, 0) is 11.0 Å². The van der Waals surface area contributed by atoms with Gasteiger partial charge in [0.05, 0.1) is 17.8 Å². The second-order valence-corrected chi connectivity index (χ2v) is 17.8. The fourth-order valence-corrected chi connectivity index (χ4v) is 8.51. The first-order valence-corrected chi connectivity index (χ1v) is 20.2. The van der Waals surface area contributed by atoms with Gasteiger partial charge in [-0.3, -0.25) is 9.80 Å². The maximum Gasteiger partial charge on any atom is 0.128 e. The van der Waals surface area contributed by atoms with Gasteiger partial charge < -0.3 is 14.9 Å². The third-order valence-corrected chi connectivity index (χ3v) is 11.3. The van der Waals surface area contributed by atoms with Crippen LogP contribution in [0, 0.1) is 5.82 Å². The molecule has 2 unspecified atom stereocenters. The fourth-order valence-electron chi connectivity index (χ4n) is 7.96. The van der Waals surface area contributed by atoms with Gasteiger partial charge in [0.15, 0.2) is 0 Å². The summed E-state index contributed by atoms with van der Waals surface area (Å²) < 4.78 is 20.3. The second kappa shape index (κ2) is 16.4. The molecular weight excluding hydrogens is 741 g/mol. The number of rotatable bonds is 8. The molecule has 2 N–H and O–H groups in total. The summed E-state index contributed by atoms with van der Waals surface area (Å²) in [5.41, 5.74) is 13.9. The van der Waals surface area contributed by atoms with Crippen LogP contribution >= 0.6 is 28.1 Å². The zero-order valence-electron chi connectivity index (χ0n) is 32.2. The van der Waals surface area contributed by atoms with E-state index in [1.807, 2.05) is 42.6 Å².